The largest absolute Gasteiger partial charge is 0.497 e. The molecule has 5 nitrogen and oxygen atoms in total. The Balaban J connectivity index is 1.83. The maximum atomic E-state index is 6.18. The van der Waals surface area contributed by atoms with Crippen LogP contribution in [-0.4, -0.2) is 17.1 Å². The van der Waals surface area contributed by atoms with E-state index in [0.29, 0.717) is 16.8 Å². The molecule has 25 heavy (non-hydrogen) atoms. The van der Waals surface area contributed by atoms with Crippen LogP contribution in [0.25, 0.3) is 0 Å². The zero-order chi connectivity index (χ0) is 17.8. The SMILES string of the molecule is COc1cccc(Nc2nc(C)cc(Nc3ccc(C)c(Cl)c3)n2)c1. The van der Waals surface area contributed by atoms with Gasteiger partial charge in [0.25, 0.3) is 0 Å². The second-order valence-corrected chi connectivity index (χ2v) is 6.07. The maximum Gasteiger partial charge on any atom is 0.229 e. The van der Waals surface area contributed by atoms with E-state index in [0.717, 1.165) is 28.4 Å². The number of hydrogen-bond donors (Lipinski definition) is 2. The molecule has 0 saturated carbocycles. The van der Waals surface area contributed by atoms with E-state index < -0.39 is 0 Å². The Bertz CT molecular complexity index is 898. The molecule has 1 aromatic heterocycles. The molecule has 1 heterocycles. The summed E-state index contributed by atoms with van der Waals surface area (Å²) in [7, 11) is 1.64. The van der Waals surface area contributed by atoms with E-state index in [1.54, 1.807) is 7.11 Å². The van der Waals surface area contributed by atoms with Gasteiger partial charge in [-0.05, 0) is 43.7 Å². The van der Waals surface area contributed by atoms with Crippen molar-refractivity contribution in [2.45, 2.75) is 13.8 Å². The standard InChI is InChI=1S/C19H19ClN4O/c1-12-7-8-15(11-17(12)20)22-18-9-13(2)21-19(24-18)23-14-5-4-6-16(10-14)25-3/h4-11H,1-3H3,(H2,21,22,23,24). The number of ether oxygens (including phenoxy) is 1. The Labute approximate surface area is 152 Å². The van der Waals surface area contributed by atoms with Crippen molar-refractivity contribution < 1.29 is 4.74 Å². The van der Waals surface area contributed by atoms with E-state index in [9.17, 15) is 0 Å². The fourth-order valence-electron chi connectivity index (χ4n) is 2.34. The first kappa shape index (κ1) is 17.0. The molecule has 0 atom stereocenters. The molecule has 0 amide bonds. The second-order valence-electron chi connectivity index (χ2n) is 5.66. The molecule has 2 N–H and O–H groups in total. The number of nitrogens with zero attached hydrogens (tertiary/aromatic N) is 2. The van der Waals surface area contributed by atoms with Gasteiger partial charge >= 0.3 is 0 Å². The number of nitrogens with one attached hydrogen (secondary N) is 2. The highest BCUT2D eigenvalue weighted by Crippen LogP contribution is 2.24. The van der Waals surface area contributed by atoms with Crippen molar-refractivity contribution in [2.75, 3.05) is 17.7 Å². The lowest BCUT2D eigenvalue weighted by molar-refractivity contribution is 0.415. The molecular formula is C19H19ClN4O. The summed E-state index contributed by atoms with van der Waals surface area (Å²) in [4.78, 5) is 8.94. The van der Waals surface area contributed by atoms with Crippen molar-refractivity contribution in [1.29, 1.82) is 0 Å². The van der Waals surface area contributed by atoms with Gasteiger partial charge < -0.3 is 15.4 Å². The van der Waals surface area contributed by atoms with Crippen molar-refractivity contribution in [3.05, 3.63) is 64.8 Å². The van der Waals surface area contributed by atoms with Gasteiger partial charge in [-0.1, -0.05) is 23.7 Å². The summed E-state index contributed by atoms with van der Waals surface area (Å²) in [6.07, 6.45) is 0. The third-order valence-corrected chi connectivity index (χ3v) is 4.03. The molecule has 0 spiro atoms. The van der Waals surface area contributed by atoms with E-state index in [4.69, 9.17) is 16.3 Å². The number of hydrogen-bond acceptors (Lipinski definition) is 5. The lowest BCUT2D eigenvalue weighted by Crippen LogP contribution is -2.02. The predicted molar refractivity (Wildman–Crippen MR) is 103 cm³/mol. The summed E-state index contributed by atoms with van der Waals surface area (Å²) in [5.41, 5.74) is 3.61. The Morgan fingerprint density at radius 1 is 0.920 bits per heavy atom. The molecule has 128 valence electrons. The number of halogens is 1. The summed E-state index contributed by atoms with van der Waals surface area (Å²) in [6.45, 7) is 3.89. The van der Waals surface area contributed by atoms with Crippen molar-refractivity contribution in [3.8, 4) is 5.75 Å². The highest BCUT2D eigenvalue weighted by atomic mass is 35.5. The third kappa shape index (κ3) is 4.39. The number of benzene rings is 2. The van der Waals surface area contributed by atoms with Gasteiger partial charge in [0.1, 0.15) is 11.6 Å². The maximum absolute atomic E-state index is 6.18. The summed E-state index contributed by atoms with van der Waals surface area (Å²) in [5, 5.41) is 7.17. The van der Waals surface area contributed by atoms with E-state index in [1.165, 1.54) is 0 Å². The number of methoxy groups -OCH3 is 1. The van der Waals surface area contributed by atoms with Crippen LogP contribution in [0.2, 0.25) is 5.02 Å². The molecule has 3 aromatic rings. The van der Waals surface area contributed by atoms with Gasteiger partial charge in [0.15, 0.2) is 0 Å². The predicted octanol–water partition coefficient (Wildman–Crippen LogP) is 5.24. The lowest BCUT2D eigenvalue weighted by atomic mass is 10.2. The average molecular weight is 355 g/mol. The van der Waals surface area contributed by atoms with Crippen LogP contribution in [0.5, 0.6) is 5.75 Å². The van der Waals surface area contributed by atoms with Gasteiger partial charge in [-0.25, -0.2) is 4.98 Å². The van der Waals surface area contributed by atoms with Crippen LogP contribution < -0.4 is 15.4 Å². The van der Waals surface area contributed by atoms with Gasteiger partial charge in [0.05, 0.1) is 7.11 Å². The molecule has 0 aliphatic heterocycles. The first-order valence-corrected chi connectivity index (χ1v) is 8.21. The highest BCUT2D eigenvalue weighted by Gasteiger charge is 2.05. The molecule has 0 fully saturated rings. The molecule has 0 aliphatic rings. The molecule has 3 rings (SSSR count). The minimum Gasteiger partial charge on any atom is -0.497 e. The summed E-state index contributed by atoms with van der Waals surface area (Å²) < 4.78 is 5.23. The minimum atomic E-state index is 0.508. The molecule has 0 aliphatic carbocycles. The van der Waals surface area contributed by atoms with Crippen LogP contribution in [0.4, 0.5) is 23.1 Å². The van der Waals surface area contributed by atoms with Gasteiger partial charge in [-0.3, -0.25) is 0 Å². The molecule has 6 heteroatoms. The molecule has 0 unspecified atom stereocenters. The monoisotopic (exact) mass is 354 g/mol. The second kappa shape index (κ2) is 7.40. The zero-order valence-electron chi connectivity index (χ0n) is 14.3. The normalized spacial score (nSPS) is 10.4. The smallest absolute Gasteiger partial charge is 0.229 e. The van der Waals surface area contributed by atoms with E-state index >= 15 is 0 Å². The summed E-state index contributed by atoms with van der Waals surface area (Å²) >= 11 is 6.18. The van der Waals surface area contributed by atoms with Gasteiger partial charge in [0, 0.05) is 34.2 Å². The quantitative estimate of drug-likeness (QED) is 0.656. The minimum absolute atomic E-state index is 0.508. The van der Waals surface area contributed by atoms with E-state index in [1.807, 2.05) is 62.4 Å². The van der Waals surface area contributed by atoms with Gasteiger partial charge in [-0.2, -0.15) is 4.98 Å². The number of anilines is 4. The summed E-state index contributed by atoms with van der Waals surface area (Å²) in [6, 6.07) is 15.3. The van der Waals surface area contributed by atoms with E-state index in [-0.39, 0.29) is 0 Å². The van der Waals surface area contributed by atoms with Crippen LogP contribution in [0, 0.1) is 13.8 Å². The van der Waals surface area contributed by atoms with Crippen LogP contribution in [0.3, 0.4) is 0 Å². The van der Waals surface area contributed by atoms with Crippen molar-refractivity contribution in [2.24, 2.45) is 0 Å². The van der Waals surface area contributed by atoms with Crippen LogP contribution in [0.15, 0.2) is 48.5 Å². The van der Waals surface area contributed by atoms with Crippen LogP contribution >= 0.6 is 11.6 Å². The lowest BCUT2D eigenvalue weighted by Gasteiger charge is -2.11. The van der Waals surface area contributed by atoms with Gasteiger partial charge in [0.2, 0.25) is 5.95 Å². The Morgan fingerprint density at radius 2 is 1.72 bits per heavy atom. The topological polar surface area (TPSA) is 59.1 Å². The zero-order valence-corrected chi connectivity index (χ0v) is 15.1. The first-order chi connectivity index (χ1) is 12.0. The molecule has 2 aromatic carbocycles. The molecule has 0 bridgehead atoms. The number of rotatable bonds is 5. The highest BCUT2D eigenvalue weighted by molar-refractivity contribution is 6.31. The van der Waals surface area contributed by atoms with Crippen LogP contribution in [0.1, 0.15) is 11.3 Å². The fourth-order valence-corrected chi connectivity index (χ4v) is 2.52. The van der Waals surface area contributed by atoms with Crippen molar-refractivity contribution in [3.63, 3.8) is 0 Å². The average Bonchev–Trinajstić information content (AvgIpc) is 2.58. The Hall–Kier alpha value is -2.79. The molecular weight excluding hydrogens is 336 g/mol. The van der Waals surface area contributed by atoms with E-state index in [2.05, 4.69) is 20.6 Å². The number of aryl methyl sites for hydroxylation is 2. The Kier molecular flexibility index (Phi) is 5.05. The van der Waals surface area contributed by atoms with Gasteiger partial charge in [-0.15, -0.1) is 0 Å². The molecule has 0 radical (unpaired) electrons. The van der Waals surface area contributed by atoms with Crippen molar-refractivity contribution in [1.82, 2.24) is 9.97 Å². The Morgan fingerprint density at radius 3 is 2.48 bits per heavy atom. The summed E-state index contributed by atoms with van der Waals surface area (Å²) in [5.74, 6) is 1.97. The van der Waals surface area contributed by atoms with Crippen LogP contribution in [-0.2, 0) is 0 Å². The molecule has 0 saturated heterocycles. The van der Waals surface area contributed by atoms with Crippen molar-refractivity contribution >= 4 is 34.7 Å². The fraction of sp³-hybridized carbons (Fsp3) is 0.158. The third-order valence-electron chi connectivity index (χ3n) is 3.62. The first-order valence-electron chi connectivity index (χ1n) is 7.83. The number of aromatic nitrogens is 2.